The summed E-state index contributed by atoms with van der Waals surface area (Å²) < 4.78 is 5.57. The third kappa shape index (κ3) is 3.99. The Morgan fingerprint density at radius 1 is 1.06 bits per heavy atom. The lowest BCUT2D eigenvalue weighted by Gasteiger charge is -2.43. The van der Waals surface area contributed by atoms with Crippen molar-refractivity contribution in [2.45, 2.75) is 46.0 Å². The Kier molecular flexibility index (Phi) is 5.65. The topological polar surface area (TPSA) is 46.6 Å². The van der Waals surface area contributed by atoms with E-state index in [0.29, 0.717) is 34.3 Å². The average Bonchev–Trinajstić information content (AvgIpc) is 2.69. The quantitative estimate of drug-likeness (QED) is 0.529. The number of ether oxygens (including phenoxy) is 1. The Bertz CT molecular complexity index is 1100. The lowest BCUT2D eigenvalue weighted by atomic mass is 9.69. The third-order valence-corrected chi connectivity index (χ3v) is 6.78. The Labute approximate surface area is 192 Å². The number of carbonyl (C=O) groups is 2. The van der Waals surface area contributed by atoms with Crippen LogP contribution in [0.25, 0.3) is 0 Å². The maximum Gasteiger partial charge on any atom is 0.232 e. The van der Waals surface area contributed by atoms with Crippen LogP contribution in [-0.2, 0) is 9.59 Å². The SMILES string of the molecule is COc1cc(Cl)c(C)cc1N1C(=O)CC(c2ccc(Cl)cc2)C2=C1CC(C)(C)CC2=O. The number of Topliss-reactive ketones (excluding diaryl/α,β-unsaturated/α-hetero) is 1. The van der Waals surface area contributed by atoms with Crippen LogP contribution in [0, 0.1) is 12.3 Å². The fourth-order valence-electron chi connectivity index (χ4n) is 4.66. The van der Waals surface area contributed by atoms with Gasteiger partial charge in [0.2, 0.25) is 5.91 Å². The van der Waals surface area contributed by atoms with E-state index in [4.69, 9.17) is 27.9 Å². The average molecular weight is 458 g/mol. The standard InChI is InChI=1S/C25H25Cl2NO3/c1-14-9-19(22(31-4)11-18(14)27)28-20-12-25(2,3)13-21(29)24(20)17(10-23(28)30)15-5-7-16(26)8-6-15/h5-9,11,17H,10,12-13H2,1-4H3. The molecule has 2 aromatic rings. The number of hydrogen-bond donors (Lipinski definition) is 0. The molecule has 1 heterocycles. The van der Waals surface area contributed by atoms with E-state index in [1.54, 1.807) is 30.2 Å². The molecule has 4 nitrogen and oxygen atoms in total. The number of anilines is 1. The van der Waals surface area contributed by atoms with Crippen LogP contribution in [0.4, 0.5) is 5.69 Å². The number of nitrogens with zero attached hydrogens (tertiary/aromatic N) is 1. The van der Waals surface area contributed by atoms with Crippen LogP contribution in [0.2, 0.25) is 10.0 Å². The lowest BCUT2D eigenvalue weighted by Crippen LogP contribution is -2.43. The highest BCUT2D eigenvalue weighted by atomic mass is 35.5. The molecule has 6 heteroatoms. The molecular formula is C25H25Cl2NO3. The van der Waals surface area contributed by atoms with E-state index in [1.165, 1.54) is 0 Å². The van der Waals surface area contributed by atoms with Gasteiger partial charge in [0.25, 0.3) is 0 Å². The van der Waals surface area contributed by atoms with Gasteiger partial charge in [0.05, 0.1) is 12.8 Å². The van der Waals surface area contributed by atoms with Gasteiger partial charge in [0, 0.05) is 46.1 Å². The summed E-state index contributed by atoms with van der Waals surface area (Å²) in [7, 11) is 1.56. The molecule has 0 spiro atoms. The van der Waals surface area contributed by atoms with Crippen LogP contribution in [-0.4, -0.2) is 18.8 Å². The molecule has 0 N–H and O–H groups in total. The molecule has 1 atom stereocenters. The number of aryl methyl sites for hydroxylation is 1. The van der Waals surface area contributed by atoms with Gasteiger partial charge in [-0.05, 0) is 48.1 Å². The number of ketones is 1. The lowest BCUT2D eigenvalue weighted by molar-refractivity contribution is -0.121. The summed E-state index contributed by atoms with van der Waals surface area (Å²) in [5, 5.41) is 1.19. The molecule has 0 aromatic heterocycles. The van der Waals surface area contributed by atoms with Gasteiger partial charge in [-0.3, -0.25) is 14.5 Å². The molecule has 1 unspecified atom stereocenters. The monoisotopic (exact) mass is 457 g/mol. The van der Waals surface area contributed by atoms with Crippen molar-refractivity contribution >= 4 is 40.6 Å². The summed E-state index contributed by atoms with van der Waals surface area (Å²) in [5.41, 5.74) is 3.63. The van der Waals surface area contributed by atoms with Crippen LogP contribution in [0.5, 0.6) is 5.75 Å². The maximum atomic E-state index is 13.5. The van der Waals surface area contributed by atoms with Crippen molar-refractivity contribution in [2.75, 3.05) is 12.0 Å². The van der Waals surface area contributed by atoms with E-state index in [2.05, 4.69) is 13.8 Å². The molecular weight excluding hydrogens is 433 g/mol. The zero-order chi connectivity index (χ0) is 22.5. The second-order valence-electron chi connectivity index (χ2n) is 9.11. The summed E-state index contributed by atoms with van der Waals surface area (Å²) in [6, 6.07) is 11.0. The number of carbonyl (C=O) groups excluding carboxylic acids is 2. The summed E-state index contributed by atoms with van der Waals surface area (Å²) in [5.74, 6) is 0.258. The number of allylic oxidation sites excluding steroid dienone is 2. The number of amides is 1. The van der Waals surface area contributed by atoms with E-state index in [1.807, 2.05) is 25.1 Å². The normalized spacial score (nSPS) is 20.7. The molecule has 1 amide bonds. The predicted molar refractivity (Wildman–Crippen MR) is 124 cm³/mol. The van der Waals surface area contributed by atoms with Crippen LogP contribution >= 0.6 is 23.2 Å². The van der Waals surface area contributed by atoms with Gasteiger partial charge in [-0.1, -0.05) is 49.2 Å². The van der Waals surface area contributed by atoms with Gasteiger partial charge in [-0.15, -0.1) is 0 Å². The highest BCUT2D eigenvalue weighted by Crippen LogP contribution is 2.50. The first kappa shape index (κ1) is 21.9. The molecule has 0 saturated heterocycles. The minimum absolute atomic E-state index is 0.0655. The summed E-state index contributed by atoms with van der Waals surface area (Å²) >= 11 is 12.4. The first-order valence-corrected chi connectivity index (χ1v) is 11.1. The molecule has 31 heavy (non-hydrogen) atoms. The Morgan fingerprint density at radius 3 is 2.39 bits per heavy atom. The Balaban J connectivity index is 1.94. The number of halogens is 2. The van der Waals surface area contributed by atoms with Gasteiger partial charge < -0.3 is 4.74 Å². The molecule has 0 radical (unpaired) electrons. The van der Waals surface area contributed by atoms with Gasteiger partial charge in [0.1, 0.15) is 5.75 Å². The molecule has 4 rings (SSSR count). The minimum atomic E-state index is -0.279. The highest BCUT2D eigenvalue weighted by Gasteiger charge is 2.45. The van der Waals surface area contributed by atoms with E-state index >= 15 is 0 Å². The zero-order valence-corrected chi connectivity index (χ0v) is 19.6. The maximum absolute atomic E-state index is 13.5. The van der Waals surface area contributed by atoms with Gasteiger partial charge >= 0.3 is 0 Å². The van der Waals surface area contributed by atoms with Crippen LogP contribution < -0.4 is 9.64 Å². The van der Waals surface area contributed by atoms with Crippen molar-refractivity contribution in [1.82, 2.24) is 0 Å². The van der Waals surface area contributed by atoms with Gasteiger partial charge in [0.15, 0.2) is 5.78 Å². The Hall–Kier alpha value is -2.30. The van der Waals surface area contributed by atoms with E-state index in [0.717, 1.165) is 22.4 Å². The van der Waals surface area contributed by atoms with Crippen LogP contribution in [0.15, 0.2) is 47.7 Å². The van der Waals surface area contributed by atoms with Crippen LogP contribution in [0.1, 0.15) is 50.2 Å². The molecule has 0 saturated carbocycles. The second-order valence-corrected chi connectivity index (χ2v) is 9.96. The molecule has 1 aliphatic carbocycles. The van der Waals surface area contributed by atoms with Crippen molar-refractivity contribution in [3.8, 4) is 5.75 Å². The van der Waals surface area contributed by atoms with Crippen molar-refractivity contribution in [1.29, 1.82) is 0 Å². The second kappa shape index (κ2) is 7.99. The van der Waals surface area contributed by atoms with Crippen LogP contribution in [0.3, 0.4) is 0 Å². The fraction of sp³-hybridized carbons (Fsp3) is 0.360. The van der Waals surface area contributed by atoms with Crippen molar-refractivity contribution in [3.05, 3.63) is 68.8 Å². The van der Waals surface area contributed by atoms with E-state index in [9.17, 15) is 9.59 Å². The predicted octanol–water partition coefficient (Wildman–Crippen LogP) is 6.47. The molecule has 2 aliphatic rings. The number of benzene rings is 2. The van der Waals surface area contributed by atoms with Gasteiger partial charge in [-0.25, -0.2) is 0 Å². The summed E-state index contributed by atoms with van der Waals surface area (Å²) in [6.45, 7) is 6.02. The Morgan fingerprint density at radius 2 is 1.74 bits per heavy atom. The number of rotatable bonds is 3. The largest absolute Gasteiger partial charge is 0.495 e. The van der Waals surface area contributed by atoms with Crippen molar-refractivity contribution in [3.63, 3.8) is 0 Å². The van der Waals surface area contributed by atoms with E-state index < -0.39 is 0 Å². The number of hydrogen-bond acceptors (Lipinski definition) is 3. The van der Waals surface area contributed by atoms with Gasteiger partial charge in [-0.2, -0.15) is 0 Å². The minimum Gasteiger partial charge on any atom is -0.495 e. The third-order valence-electron chi connectivity index (χ3n) is 6.12. The summed E-state index contributed by atoms with van der Waals surface area (Å²) in [6.07, 6.45) is 1.28. The molecule has 1 aliphatic heterocycles. The number of methoxy groups -OCH3 is 1. The van der Waals surface area contributed by atoms with E-state index in [-0.39, 0.29) is 29.4 Å². The molecule has 162 valence electrons. The van der Waals surface area contributed by atoms with Crippen molar-refractivity contribution < 1.29 is 14.3 Å². The molecule has 2 aromatic carbocycles. The fourth-order valence-corrected chi connectivity index (χ4v) is 4.94. The first-order chi connectivity index (χ1) is 14.6. The molecule has 0 fully saturated rings. The first-order valence-electron chi connectivity index (χ1n) is 10.3. The summed E-state index contributed by atoms with van der Waals surface area (Å²) in [4.78, 5) is 28.6. The smallest absolute Gasteiger partial charge is 0.232 e. The zero-order valence-electron chi connectivity index (χ0n) is 18.1. The molecule has 0 bridgehead atoms. The van der Waals surface area contributed by atoms with Crippen molar-refractivity contribution in [2.24, 2.45) is 5.41 Å². The highest BCUT2D eigenvalue weighted by molar-refractivity contribution is 6.31.